The number of rotatable bonds is 5. The number of carbonyl (C=O) groups excluding carboxylic acids is 1. The first-order chi connectivity index (χ1) is 10.6. The van der Waals surface area contributed by atoms with Gasteiger partial charge in [0.25, 0.3) is 5.91 Å². The van der Waals surface area contributed by atoms with Gasteiger partial charge in [0.15, 0.2) is 0 Å². The molecule has 0 radical (unpaired) electrons. The molecule has 0 saturated carbocycles. The fourth-order valence-electron chi connectivity index (χ4n) is 1.95. The van der Waals surface area contributed by atoms with Gasteiger partial charge in [-0.15, -0.1) is 0 Å². The highest BCUT2D eigenvalue weighted by Crippen LogP contribution is 2.25. The second kappa shape index (κ2) is 7.75. The Bertz CT molecular complexity index is 667. The van der Waals surface area contributed by atoms with E-state index in [0.29, 0.717) is 16.7 Å². The second-order valence-corrected chi connectivity index (χ2v) is 5.90. The number of anilines is 2. The van der Waals surface area contributed by atoms with Crippen LogP contribution >= 0.6 is 34.2 Å². The lowest BCUT2D eigenvalue weighted by atomic mass is 10.1. The number of carbonyl (C=O) groups is 1. The molecule has 0 aliphatic heterocycles. The zero-order chi connectivity index (χ0) is 16.1. The molecule has 0 atom stereocenters. The largest absolute Gasteiger partial charge is 0.761 e. The van der Waals surface area contributed by atoms with Crippen LogP contribution in [0, 0.1) is 11.0 Å². The quantitative estimate of drug-likeness (QED) is 0.430. The van der Waals surface area contributed by atoms with Crippen molar-refractivity contribution in [3.05, 3.63) is 64.1 Å². The van der Waals surface area contributed by atoms with Gasteiger partial charge < -0.3 is 15.6 Å². The molecule has 2 rings (SSSR count). The van der Waals surface area contributed by atoms with Crippen LogP contribution in [-0.4, -0.2) is 16.9 Å². The molecule has 4 nitrogen and oxygen atoms in total. The minimum absolute atomic E-state index is 0.219. The van der Waals surface area contributed by atoms with E-state index >= 15 is 0 Å². The number of hydrogen-bond donors (Lipinski definition) is 1. The van der Waals surface area contributed by atoms with E-state index in [9.17, 15) is 14.4 Å². The molecule has 0 fully saturated rings. The maximum Gasteiger partial charge on any atom is 0.259 e. The van der Waals surface area contributed by atoms with E-state index in [-0.39, 0.29) is 28.0 Å². The summed E-state index contributed by atoms with van der Waals surface area (Å²) in [4.78, 5) is 14.2. The molecular formula is C15H12ClFIN2O2-. The van der Waals surface area contributed by atoms with Gasteiger partial charge in [-0.05, 0) is 42.5 Å². The molecule has 1 amide bonds. The van der Waals surface area contributed by atoms with Crippen molar-refractivity contribution >= 4 is 51.5 Å². The second-order valence-electron chi connectivity index (χ2n) is 4.42. The van der Waals surface area contributed by atoms with E-state index in [1.807, 2.05) is 0 Å². The summed E-state index contributed by atoms with van der Waals surface area (Å²) in [5.74, 6) is -0.716. The molecule has 0 aliphatic rings. The van der Waals surface area contributed by atoms with Gasteiger partial charge in [0.1, 0.15) is 5.82 Å². The van der Waals surface area contributed by atoms with E-state index in [1.54, 1.807) is 5.48 Å². The topological polar surface area (TPSA) is 55.4 Å². The summed E-state index contributed by atoms with van der Waals surface area (Å²) < 4.78 is 13.7. The van der Waals surface area contributed by atoms with Crippen LogP contribution in [0.5, 0.6) is 0 Å². The smallest absolute Gasteiger partial charge is 0.259 e. The first kappa shape index (κ1) is 17.0. The average Bonchev–Trinajstić information content (AvgIpc) is 2.53. The van der Waals surface area contributed by atoms with Crippen LogP contribution in [0.4, 0.5) is 15.8 Å². The van der Waals surface area contributed by atoms with Crippen LogP contribution in [0.1, 0.15) is 10.4 Å². The Labute approximate surface area is 146 Å². The predicted molar refractivity (Wildman–Crippen MR) is 95.4 cm³/mol. The lowest BCUT2D eigenvalue weighted by molar-refractivity contribution is 0.0989. The fraction of sp³-hybridized carbons (Fsp3) is 0.133. The summed E-state index contributed by atoms with van der Waals surface area (Å²) >= 11 is 8.21. The van der Waals surface area contributed by atoms with Crippen LogP contribution in [0.2, 0.25) is 5.02 Å². The van der Waals surface area contributed by atoms with Crippen molar-refractivity contribution in [3.63, 3.8) is 0 Å². The Morgan fingerprint density at radius 3 is 2.55 bits per heavy atom. The van der Waals surface area contributed by atoms with Crippen molar-refractivity contribution in [2.24, 2.45) is 0 Å². The summed E-state index contributed by atoms with van der Waals surface area (Å²) in [6.45, 7) is 0.441. The van der Waals surface area contributed by atoms with Crippen LogP contribution in [0.25, 0.3) is 0 Å². The zero-order valence-electron chi connectivity index (χ0n) is 11.4. The van der Waals surface area contributed by atoms with E-state index < -0.39 is 0 Å². The van der Waals surface area contributed by atoms with Crippen molar-refractivity contribution in [1.82, 2.24) is 0 Å². The van der Waals surface area contributed by atoms with Gasteiger partial charge in [0.05, 0.1) is 10.6 Å². The monoisotopic (exact) mass is 433 g/mol. The summed E-state index contributed by atoms with van der Waals surface area (Å²) in [6.07, 6.45) is 0. The number of nitrogens with one attached hydrogen (secondary N) is 1. The van der Waals surface area contributed by atoms with Crippen molar-refractivity contribution in [1.29, 1.82) is 0 Å². The minimum atomic E-state index is -0.374. The molecular weight excluding hydrogens is 422 g/mol. The SMILES string of the molecule is O=C(c1cc(N[O-])ccc1Cl)N(CCI)c1ccc(F)cc1. The summed E-state index contributed by atoms with van der Waals surface area (Å²) in [7, 11) is 0. The molecule has 0 unspecified atom stereocenters. The lowest BCUT2D eigenvalue weighted by Crippen LogP contribution is -2.32. The molecule has 1 N–H and O–H groups in total. The molecule has 22 heavy (non-hydrogen) atoms. The summed E-state index contributed by atoms with van der Waals surface area (Å²) in [5, 5.41) is 11.0. The third-order valence-corrected chi connectivity index (χ3v) is 3.82. The zero-order valence-corrected chi connectivity index (χ0v) is 14.3. The van der Waals surface area contributed by atoms with Gasteiger partial charge in [0.2, 0.25) is 0 Å². The molecule has 0 heterocycles. The van der Waals surface area contributed by atoms with Crippen LogP contribution < -0.4 is 10.4 Å². The molecule has 7 heteroatoms. The molecule has 0 aromatic heterocycles. The third-order valence-electron chi connectivity index (χ3n) is 3.01. The molecule has 0 spiro atoms. The Hall–Kier alpha value is -1.38. The highest BCUT2D eigenvalue weighted by molar-refractivity contribution is 14.1. The van der Waals surface area contributed by atoms with Crippen molar-refractivity contribution in [2.75, 3.05) is 21.4 Å². The minimum Gasteiger partial charge on any atom is -0.761 e. The molecule has 2 aromatic carbocycles. The molecule has 0 saturated heterocycles. The number of benzene rings is 2. The molecule has 2 aromatic rings. The first-order valence-electron chi connectivity index (χ1n) is 6.38. The normalized spacial score (nSPS) is 10.4. The molecule has 0 aliphatic carbocycles. The Balaban J connectivity index is 2.40. The van der Waals surface area contributed by atoms with E-state index in [4.69, 9.17) is 11.6 Å². The Kier molecular flexibility index (Phi) is 5.98. The number of amides is 1. The van der Waals surface area contributed by atoms with Crippen LogP contribution in [-0.2, 0) is 0 Å². The maximum absolute atomic E-state index is 13.1. The van der Waals surface area contributed by atoms with Gasteiger partial charge >= 0.3 is 0 Å². The fourth-order valence-corrected chi connectivity index (χ4v) is 2.63. The van der Waals surface area contributed by atoms with Crippen LogP contribution in [0.15, 0.2) is 42.5 Å². The lowest BCUT2D eigenvalue weighted by Gasteiger charge is -2.23. The van der Waals surface area contributed by atoms with Gasteiger partial charge in [-0.1, -0.05) is 34.2 Å². The standard InChI is InChI=1S/C15H12ClFIN2O2/c16-14-6-3-11(19-22)9-13(14)15(21)20(8-7-18)12-4-1-10(17)2-5-12/h1-6,9,19H,7-8H2/q-1. The maximum atomic E-state index is 13.1. The van der Waals surface area contributed by atoms with E-state index in [1.165, 1.54) is 47.4 Å². The molecule has 116 valence electrons. The van der Waals surface area contributed by atoms with Crippen molar-refractivity contribution in [3.8, 4) is 0 Å². The molecule has 0 bridgehead atoms. The summed E-state index contributed by atoms with van der Waals surface area (Å²) in [5.41, 5.74) is 2.78. The predicted octanol–water partition coefficient (Wildman–Crippen LogP) is 4.47. The number of hydrogen-bond acceptors (Lipinski definition) is 3. The van der Waals surface area contributed by atoms with Crippen molar-refractivity contribution in [2.45, 2.75) is 0 Å². The number of alkyl halides is 1. The van der Waals surface area contributed by atoms with E-state index in [0.717, 1.165) is 0 Å². The highest BCUT2D eigenvalue weighted by atomic mass is 127. The first-order valence-corrected chi connectivity index (χ1v) is 8.28. The highest BCUT2D eigenvalue weighted by Gasteiger charge is 2.20. The van der Waals surface area contributed by atoms with Crippen molar-refractivity contribution < 1.29 is 9.18 Å². The van der Waals surface area contributed by atoms with Crippen LogP contribution in [0.3, 0.4) is 0 Å². The van der Waals surface area contributed by atoms with Gasteiger partial charge in [-0.25, -0.2) is 4.39 Å². The van der Waals surface area contributed by atoms with Gasteiger partial charge in [-0.3, -0.25) is 4.79 Å². The Morgan fingerprint density at radius 2 is 1.95 bits per heavy atom. The van der Waals surface area contributed by atoms with E-state index in [2.05, 4.69) is 22.6 Å². The number of halogens is 3. The third kappa shape index (κ3) is 3.88. The Morgan fingerprint density at radius 1 is 1.27 bits per heavy atom. The number of nitrogens with zero attached hydrogens (tertiary/aromatic N) is 1. The summed E-state index contributed by atoms with van der Waals surface area (Å²) in [6, 6.07) is 10.0. The van der Waals surface area contributed by atoms with Gasteiger partial charge in [0, 0.05) is 22.3 Å². The average molecular weight is 434 g/mol. The van der Waals surface area contributed by atoms with Gasteiger partial charge in [-0.2, -0.15) is 0 Å².